The Hall–Kier alpha value is -4.66. The molecule has 0 unspecified atom stereocenters. The van der Waals surface area contributed by atoms with E-state index in [4.69, 9.17) is 36.8 Å². The number of amides is 1. The lowest BCUT2D eigenvalue weighted by atomic mass is 9.96. The standard InChI is InChI=1S/C38H40ClN7O4S2/c1-24(2)19-32(44-33(47)13-14-40)38(48)50-18-17-49-29-11-7-25(8-12-29)34-30(20-41)35(46-15-3-4-16-46)45-37(31(34)21-42)52-23-28-22-51-36(43-28)26-5-9-27(39)10-6-26/h5-12,22,24,32H,3-4,13-19,23,40H2,1-2H3,(H,44,47)/t32-/m0/s1. The van der Waals surface area contributed by atoms with Crippen LogP contribution in [0.1, 0.15) is 56.4 Å². The van der Waals surface area contributed by atoms with E-state index in [1.807, 2.05) is 55.6 Å². The van der Waals surface area contributed by atoms with Crippen LogP contribution in [0.15, 0.2) is 58.9 Å². The zero-order valence-corrected chi connectivity index (χ0v) is 31.5. The Morgan fingerprint density at radius 2 is 1.71 bits per heavy atom. The number of hydrogen-bond acceptors (Lipinski definition) is 12. The van der Waals surface area contributed by atoms with Crippen molar-refractivity contribution in [1.29, 1.82) is 10.5 Å². The van der Waals surface area contributed by atoms with Gasteiger partial charge in [0, 0.05) is 53.3 Å². The maximum Gasteiger partial charge on any atom is 0.328 e. The van der Waals surface area contributed by atoms with E-state index in [0.29, 0.717) is 56.0 Å². The summed E-state index contributed by atoms with van der Waals surface area (Å²) < 4.78 is 11.3. The van der Waals surface area contributed by atoms with Gasteiger partial charge in [0.1, 0.15) is 58.6 Å². The number of halogens is 1. The third-order valence-corrected chi connectivity index (χ3v) is 10.4. The van der Waals surface area contributed by atoms with Crippen molar-refractivity contribution < 1.29 is 19.1 Å². The maximum absolute atomic E-state index is 12.7. The minimum Gasteiger partial charge on any atom is -0.490 e. The Morgan fingerprint density at radius 3 is 2.37 bits per heavy atom. The topological polar surface area (TPSA) is 167 Å². The molecule has 1 aliphatic rings. The van der Waals surface area contributed by atoms with Crippen LogP contribution >= 0.6 is 34.7 Å². The molecule has 4 aromatic rings. The number of esters is 1. The van der Waals surface area contributed by atoms with Gasteiger partial charge in [-0.1, -0.05) is 61.5 Å². The molecule has 2 aromatic heterocycles. The molecular weight excluding hydrogens is 718 g/mol. The van der Waals surface area contributed by atoms with Crippen molar-refractivity contribution in [3.8, 4) is 39.6 Å². The summed E-state index contributed by atoms with van der Waals surface area (Å²) in [5, 5.41) is 27.7. The number of carbonyl (C=O) groups excluding carboxylic acids is 2. The van der Waals surface area contributed by atoms with E-state index in [0.717, 1.165) is 42.2 Å². The zero-order valence-electron chi connectivity index (χ0n) is 29.1. The van der Waals surface area contributed by atoms with Gasteiger partial charge in [-0.2, -0.15) is 10.5 Å². The van der Waals surface area contributed by atoms with E-state index in [1.54, 1.807) is 12.1 Å². The molecule has 1 saturated heterocycles. The number of aromatic nitrogens is 2. The molecule has 270 valence electrons. The quantitative estimate of drug-likeness (QED) is 0.0689. The highest BCUT2D eigenvalue weighted by Gasteiger charge is 2.27. The molecule has 1 atom stereocenters. The van der Waals surface area contributed by atoms with Gasteiger partial charge >= 0.3 is 5.97 Å². The van der Waals surface area contributed by atoms with Gasteiger partial charge in [0.25, 0.3) is 0 Å². The molecule has 0 radical (unpaired) electrons. The van der Waals surface area contributed by atoms with Crippen molar-refractivity contribution in [2.45, 2.75) is 56.4 Å². The van der Waals surface area contributed by atoms with Gasteiger partial charge in [-0.3, -0.25) is 4.79 Å². The Balaban J connectivity index is 1.31. The molecular formula is C38H40ClN7O4S2. The molecule has 1 amide bonds. The van der Waals surface area contributed by atoms with Gasteiger partial charge in [-0.05, 0) is 55.0 Å². The third kappa shape index (κ3) is 10.0. The monoisotopic (exact) mass is 757 g/mol. The van der Waals surface area contributed by atoms with Crippen molar-refractivity contribution in [2.24, 2.45) is 11.7 Å². The van der Waals surface area contributed by atoms with Crippen molar-refractivity contribution in [1.82, 2.24) is 15.3 Å². The number of thiazole rings is 1. The van der Waals surface area contributed by atoms with Crippen molar-refractivity contribution in [3.05, 3.63) is 75.8 Å². The second-order valence-electron chi connectivity index (χ2n) is 12.6. The lowest BCUT2D eigenvalue weighted by molar-refractivity contribution is -0.149. The fourth-order valence-electron chi connectivity index (χ4n) is 5.76. The predicted octanol–water partition coefficient (Wildman–Crippen LogP) is 6.96. The first-order valence-electron chi connectivity index (χ1n) is 17.1. The zero-order chi connectivity index (χ0) is 37.0. The van der Waals surface area contributed by atoms with Crippen LogP contribution in [0.3, 0.4) is 0 Å². The van der Waals surface area contributed by atoms with E-state index in [-0.39, 0.29) is 38.0 Å². The SMILES string of the molecule is CC(C)C[C@H](NC(=O)CCN)C(=O)OCCOc1ccc(-c2c(C#N)c(SCc3csc(-c4ccc(Cl)cc4)n3)nc(N3CCCC3)c2C#N)cc1. The molecule has 11 nitrogen and oxygen atoms in total. The fourth-order valence-corrected chi connectivity index (χ4v) is 7.69. The van der Waals surface area contributed by atoms with Gasteiger partial charge in [0.05, 0.1) is 11.3 Å². The van der Waals surface area contributed by atoms with E-state index < -0.39 is 12.0 Å². The summed E-state index contributed by atoms with van der Waals surface area (Å²) in [6, 6.07) is 18.6. The molecule has 0 aliphatic carbocycles. The number of nitrogens with one attached hydrogen (secondary N) is 1. The normalized spacial score (nSPS) is 13.0. The number of nitrogens with two attached hydrogens (primary N) is 1. The van der Waals surface area contributed by atoms with Crippen molar-refractivity contribution >= 4 is 52.4 Å². The van der Waals surface area contributed by atoms with Crippen LogP contribution in [-0.2, 0) is 20.1 Å². The molecule has 5 rings (SSSR count). The Labute approximate surface area is 317 Å². The largest absolute Gasteiger partial charge is 0.490 e. The number of rotatable bonds is 16. The van der Waals surface area contributed by atoms with Crippen LogP contribution < -0.4 is 20.7 Å². The highest BCUT2D eigenvalue weighted by atomic mass is 35.5. The Bertz CT molecular complexity index is 1930. The average Bonchev–Trinajstić information content (AvgIpc) is 3.85. The van der Waals surface area contributed by atoms with E-state index in [1.165, 1.54) is 23.1 Å². The molecule has 52 heavy (non-hydrogen) atoms. The minimum absolute atomic E-state index is 0.0105. The molecule has 3 N–H and O–H groups in total. The summed E-state index contributed by atoms with van der Waals surface area (Å²) in [5.41, 5.74) is 9.19. The number of nitriles is 2. The molecule has 0 bridgehead atoms. The molecule has 0 spiro atoms. The highest BCUT2D eigenvalue weighted by Crippen LogP contribution is 2.40. The Morgan fingerprint density at radius 1 is 1.02 bits per heavy atom. The molecule has 14 heteroatoms. The summed E-state index contributed by atoms with van der Waals surface area (Å²) >= 11 is 9.02. The van der Waals surface area contributed by atoms with Gasteiger partial charge < -0.3 is 25.4 Å². The molecule has 3 heterocycles. The second kappa shape index (κ2) is 18.7. The van der Waals surface area contributed by atoms with E-state index in [2.05, 4.69) is 22.4 Å². The second-order valence-corrected chi connectivity index (χ2v) is 14.8. The molecule has 1 fully saturated rings. The summed E-state index contributed by atoms with van der Waals surface area (Å²) in [5.74, 6) is 0.942. The van der Waals surface area contributed by atoms with Gasteiger partial charge in [0.2, 0.25) is 5.91 Å². The molecule has 1 aliphatic heterocycles. The maximum atomic E-state index is 12.7. The smallest absolute Gasteiger partial charge is 0.328 e. The number of carbonyl (C=O) groups is 2. The predicted molar refractivity (Wildman–Crippen MR) is 204 cm³/mol. The van der Waals surface area contributed by atoms with Crippen LogP contribution in [0.5, 0.6) is 5.75 Å². The van der Waals surface area contributed by atoms with Crippen LogP contribution in [0, 0.1) is 28.6 Å². The first-order valence-corrected chi connectivity index (χ1v) is 19.3. The van der Waals surface area contributed by atoms with Crippen LogP contribution in [0.25, 0.3) is 21.7 Å². The number of anilines is 1. The average molecular weight is 758 g/mol. The summed E-state index contributed by atoms with van der Waals surface area (Å²) in [6.45, 7) is 5.76. The summed E-state index contributed by atoms with van der Waals surface area (Å²) in [7, 11) is 0. The third-order valence-electron chi connectivity index (χ3n) is 8.21. The number of nitrogens with zero attached hydrogens (tertiary/aromatic N) is 5. The first kappa shape index (κ1) is 38.6. The highest BCUT2D eigenvalue weighted by molar-refractivity contribution is 7.98. The lowest BCUT2D eigenvalue weighted by Crippen LogP contribution is -2.43. The van der Waals surface area contributed by atoms with Crippen molar-refractivity contribution in [3.63, 3.8) is 0 Å². The number of ether oxygens (including phenoxy) is 2. The van der Waals surface area contributed by atoms with Crippen molar-refractivity contribution in [2.75, 3.05) is 37.7 Å². The summed E-state index contributed by atoms with van der Waals surface area (Å²) in [4.78, 5) is 36.6. The molecule has 2 aromatic carbocycles. The van der Waals surface area contributed by atoms with E-state index in [9.17, 15) is 20.1 Å². The minimum atomic E-state index is -0.760. The lowest BCUT2D eigenvalue weighted by Gasteiger charge is -2.22. The van der Waals surface area contributed by atoms with Crippen LogP contribution in [0.2, 0.25) is 5.02 Å². The first-order chi connectivity index (χ1) is 25.2. The Kier molecular flexibility index (Phi) is 13.9. The van der Waals surface area contributed by atoms with E-state index >= 15 is 0 Å². The number of thioether (sulfide) groups is 1. The van der Waals surface area contributed by atoms with Crippen LogP contribution in [0.4, 0.5) is 5.82 Å². The fraction of sp³-hybridized carbons (Fsp3) is 0.368. The number of hydrogen-bond donors (Lipinski definition) is 2. The summed E-state index contributed by atoms with van der Waals surface area (Å²) in [6.07, 6.45) is 2.57. The van der Waals surface area contributed by atoms with Gasteiger partial charge in [-0.25, -0.2) is 14.8 Å². The number of pyridine rings is 1. The molecule has 0 saturated carbocycles. The van der Waals surface area contributed by atoms with Gasteiger partial charge in [-0.15, -0.1) is 11.3 Å². The van der Waals surface area contributed by atoms with Crippen LogP contribution in [-0.4, -0.2) is 60.7 Å². The number of benzene rings is 2. The van der Waals surface area contributed by atoms with Gasteiger partial charge in [0.15, 0.2) is 0 Å².